The number of nitrogens with zero attached hydrogens (tertiary/aromatic N) is 2. The Morgan fingerprint density at radius 2 is 1.74 bits per heavy atom. The Kier molecular flexibility index (Phi) is 4.68. The number of carbonyl (C=O) groups excluding carboxylic acids is 1. The second-order valence-corrected chi connectivity index (χ2v) is 10.2. The van der Waals surface area contributed by atoms with Gasteiger partial charge in [-0.2, -0.15) is 0 Å². The highest BCUT2D eigenvalue weighted by Crippen LogP contribution is 2.52. The van der Waals surface area contributed by atoms with Crippen LogP contribution in [0.2, 0.25) is 0 Å². The van der Waals surface area contributed by atoms with Crippen LogP contribution in [-0.2, 0) is 4.79 Å². The van der Waals surface area contributed by atoms with E-state index in [1.165, 1.54) is 0 Å². The third kappa shape index (κ3) is 3.44. The summed E-state index contributed by atoms with van der Waals surface area (Å²) in [6, 6.07) is 23.0. The van der Waals surface area contributed by atoms with Crippen LogP contribution in [0.3, 0.4) is 0 Å². The van der Waals surface area contributed by atoms with Crippen molar-refractivity contribution in [2.75, 3.05) is 5.32 Å². The number of fused-ring (bicyclic) bond motifs is 4. The van der Waals surface area contributed by atoms with Gasteiger partial charge < -0.3 is 9.88 Å². The minimum absolute atomic E-state index is 0.113. The Labute approximate surface area is 203 Å². The number of nitrogens with one attached hydrogen (secondary N) is 1. The molecule has 1 aromatic heterocycles. The molecule has 1 atom stereocenters. The Balaban J connectivity index is 1.55. The molecule has 174 valence electrons. The highest BCUT2D eigenvalue weighted by atomic mass is 16.6. The molecule has 1 aliphatic heterocycles. The van der Waals surface area contributed by atoms with E-state index in [9.17, 15) is 14.9 Å². The van der Waals surface area contributed by atoms with Crippen LogP contribution in [0.15, 0.2) is 84.6 Å². The Bertz CT molecular complexity index is 1540. The minimum atomic E-state index is -0.300. The summed E-state index contributed by atoms with van der Waals surface area (Å²) in [5, 5.41) is 15.2. The van der Waals surface area contributed by atoms with Gasteiger partial charge in [0, 0.05) is 53.0 Å². The number of hydrogen-bond donors (Lipinski definition) is 2. The van der Waals surface area contributed by atoms with Crippen LogP contribution in [-0.4, -0.2) is 20.5 Å². The third-order valence-corrected chi connectivity index (χ3v) is 7.16. The van der Waals surface area contributed by atoms with Gasteiger partial charge in [-0.25, -0.2) is 5.21 Å². The molecule has 3 aromatic carbocycles. The molecule has 1 aliphatic carbocycles. The molecule has 2 heterocycles. The molecule has 6 rings (SSSR count). The van der Waals surface area contributed by atoms with E-state index >= 15 is 0 Å². The van der Waals surface area contributed by atoms with Crippen molar-refractivity contribution < 1.29 is 14.9 Å². The molecular formula is C29H26N3O3+. The summed E-state index contributed by atoms with van der Waals surface area (Å²) in [5.74, 6) is 0.178. The summed E-state index contributed by atoms with van der Waals surface area (Å²) in [7, 11) is 0. The molecule has 0 radical (unpaired) electrons. The molecular weight excluding hydrogens is 438 g/mol. The van der Waals surface area contributed by atoms with Crippen LogP contribution in [0.4, 0.5) is 11.4 Å². The fourth-order valence-electron chi connectivity index (χ4n) is 5.66. The molecule has 6 nitrogen and oxygen atoms in total. The molecule has 0 bridgehead atoms. The van der Waals surface area contributed by atoms with Gasteiger partial charge >= 0.3 is 5.69 Å². The number of carbonyl (C=O) groups is 1. The Morgan fingerprint density at radius 1 is 0.971 bits per heavy atom. The van der Waals surface area contributed by atoms with Crippen molar-refractivity contribution in [3.8, 4) is 5.69 Å². The van der Waals surface area contributed by atoms with Crippen LogP contribution < -0.4 is 5.32 Å². The standard InChI is InChI=1S/C29H25N3O3/c1-29(2)16-22-26-21-7-4-3-6-18(21)9-14-23(26)30-28(27(22)25(33)17-29)24-8-5-15-31(24)19-10-12-20(13-11-19)32(34)35/h3-15,28H,16-17H2,1-2H3,(H-,30,33,34,35)/p+1. The fraction of sp³-hybridized carbons (Fsp3) is 0.207. The van der Waals surface area contributed by atoms with E-state index in [1.807, 2.05) is 29.0 Å². The van der Waals surface area contributed by atoms with Gasteiger partial charge in [-0.05, 0) is 58.5 Å². The van der Waals surface area contributed by atoms with Gasteiger partial charge in [-0.3, -0.25) is 4.79 Å². The lowest BCUT2D eigenvalue weighted by Gasteiger charge is -2.40. The van der Waals surface area contributed by atoms with Crippen LogP contribution in [0.25, 0.3) is 22.0 Å². The highest BCUT2D eigenvalue weighted by molar-refractivity contribution is 6.12. The van der Waals surface area contributed by atoms with Crippen LogP contribution in [0.1, 0.15) is 44.0 Å². The molecule has 0 amide bonds. The quantitative estimate of drug-likeness (QED) is 0.329. The number of anilines is 1. The maximum absolute atomic E-state index is 13.7. The zero-order chi connectivity index (χ0) is 24.3. The summed E-state index contributed by atoms with van der Waals surface area (Å²) >= 11 is 0. The summed E-state index contributed by atoms with van der Waals surface area (Å²) in [4.78, 5) is 24.8. The molecule has 4 aromatic rings. The SMILES string of the molecule is CC1(C)CC(=O)C2=C(C1)c1c(ccc3ccccc13)NC2c1cccn1-c1ccc([N+](=O)O)cc1. The van der Waals surface area contributed by atoms with E-state index in [2.05, 4.69) is 49.5 Å². The first-order valence-corrected chi connectivity index (χ1v) is 11.8. The van der Waals surface area contributed by atoms with Gasteiger partial charge in [-0.15, -0.1) is 0 Å². The number of allylic oxidation sites excluding steroid dienone is 1. The van der Waals surface area contributed by atoms with Crippen molar-refractivity contribution in [3.63, 3.8) is 0 Å². The smallest absolute Gasteiger partial charge is 0.316 e. The summed E-state index contributed by atoms with van der Waals surface area (Å²) < 4.78 is 2.03. The van der Waals surface area contributed by atoms with E-state index in [-0.39, 0.29) is 27.9 Å². The topological polar surface area (TPSA) is 74.3 Å². The number of hydrogen-bond acceptors (Lipinski definition) is 3. The van der Waals surface area contributed by atoms with Crippen LogP contribution >= 0.6 is 0 Å². The second-order valence-electron chi connectivity index (χ2n) is 10.2. The predicted molar refractivity (Wildman–Crippen MR) is 136 cm³/mol. The van der Waals surface area contributed by atoms with Gasteiger partial charge in [0.25, 0.3) is 4.92 Å². The highest BCUT2D eigenvalue weighted by Gasteiger charge is 2.41. The van der Waals surface area contributed by atoms with E-state index in [0.717, 1.165) is 51.0 Å². The zero-order valence-corrected chi connectivity index (χ0v) is 19.7. The van der Waals surface area contributed by atoms with Gasteiger partial charge in [-0.1, -0.05) is 44.2 Å². The lowest BCUT2D eigenvalue weighted by atomic mass is 9.68. The zero-order valence-electron chi connectivity index (χ0n) is 19.7. The lowest BCUT2D eigenvalue weighted by molar-refractivity contribution is -0.729. The normalized spacial score (nSPS) is 18.7. The molecule has 2 N–H and O–H groups in total. The molecule has 1 unspecified atom stereocenters. The number of Topliss-reactive ketones (excluding diaryl/α,β-unsaturated/α-hetero) is 1. The van der Waals surface area contributed by atoms with Crippen molar-refractivity contribution in [2.45, 2.75) is 32.7 Å². The number of benzene rings is 3. The summed E-state index contributed by atoms with van der Waals surface area (Å²) in [6.07, 6.45) is 3.29. The van der Waals surface area contributed by atoms with Crippen LogP contribution in [0, 0.1) is 10.3 Å². The van der Waals surface area contributed by atoms with Crippen LogP contribution in [0.5, 0.6) is 0 Å². The molecule has 0 saturated heterocycles. The summed E-state index contributed by atoms with van der Waals surface area (Å²) in [5.41, 5.74) is 5.97. The Hall–Kier alpha value is -4.19. The van der Waals surface area contributed by atoms with Gasteiger partial charge in [0.2, 0.25) is 0 Å². The van der Waals surface area contributed by atoms with Gasteiger partial charge in [0.05, 0.1) is 10.9 Å². The fourth-order valence-corrected chi connectivity index (χ4v) is 5.66. The maximum Gasteiger partial charge on any atom is 0.316 e. The number of ketones is 1. The summed E-state index contributed by atoms with van der Waals surface area (Å²) in [6.45, 7) is 4.34. The lowest BCUT2D eigenvalue weighted by Crippen LogP contribution is -2.33. The van der Waals surface area contributed by atoms with Gasteiger partial charge in [0.15, 0.2) is 5.78 Å². The minimum Gasteiger partial charge on any atom is -0.372 e. The predicted octanol–water partition coefficient (Wildman–Crippen LogP) is 6.74. The van der Waals surface area contributed by atoms with E-state index < -0.39 is 0 Å². The van der Waals surface area contributed by atoms with Gasteiger partial charge in [0.1, 0.15) is 0 Å². The van der Waals surface area contributed by atoms with Crippen molar-refractivity contribution in [2.24, 2.45) is 5.41 Å². The molecule has 35 heavy (non-hydrogen) atoms. The van der Waals surface area contributed by atoms with Crippen molar-refractivity contribution in [3.05, 3.63) is 101 Å². The average Bonchev–Trinajstić information content (AvgIpc) is 3.32. The van der Waals surface area contributed by atoms with Crippen molar-refractivity contribution >= 4 is 33.5 Å². The van der Waals surface area contributed by atoms with E-state index in [1.54, 1.807) is 24.3 Å². The molecule has 0 saturated carbocycles. The van der Waals surface area contributed by atoms with E-state index in [4.69, 9.17) is 0 Å². The first kappa shape index (κ1) is 21.4. The molecule has 6 heteroatoms. The average molecular weight is 465 g/mol. The molecule has 0 spiro atoms. The maximum atomic E-state index is 13.7. The molecule has 0 fully saturated rings. The second kappa shape index (κ2) is 7.67. The van der Waals surface area contributed by atoms with Crippen molar-refractivity contribution in [1.29, 1.82) is 0 Å². The monoisotopic (exact) mass is 464 g/mol. The largest absolute Gasteiger partial charge is 0.372 e. The Morgan fingerprint density at radius 3 is 2.51 bits per heavy atom. The van der Waals surface area contributed by atoms with E-state index in [0.29, 0.717) is 6.42 Å². The third-order valence-electron chi connectivity index (χ3n) is 7.16. The van der Waals surface area contributed by atoms with Crippen molar-refractivity contribution in [1.82, 2.24) is 4.57 Å². The molecule has 2 aliphatic rings. The first-order chi connectivity index (χ1) is 16.8. The first-order valence-electron chi connectivity index (χ1n) is 11.8. The number of aromatic nitrogens is 1. The number of rotatable bonds is 3.